The topological polar surface area (TPSA) is 72.0 Å². The van der Waals surface area contributed by atoms with E-state index in [2.05, 4.69) is 13.5 Å². The molecule has 0 radical (unpaired) electrons. The van der Waals surface area contributed by atoms with Crippen molar-refractivity contribution >= 4 is 44.5 Å². The molecule has 0 bridgehead atoms. The van der Waals surface area contributed by atoms with Gasteiger partial charge in [0.25, 0.3) is 0 Å². The van der Waals surface area contributed by atoms with E-state index in [9.17, 15) is 8.42 Å². The molecule has 0 spiro atoms. The third-order valence-corrected chi connectivity index (χ3v) is 5.51. The van der Waals surface area contributed by atoms with Gasteiger partial charge < -0.3 is 0 Å². The van der Waals surface area contributed by atoms with Gasteiger partial charge in [0.2, 0.25) is 10.0 Å². The first kappa shape index (κ1) is 14.7. The Kier molecular flexibility index (Phi) is 4.77. The number of rotatable bonds is 6. The van der Waals surface area contributed by atoms with E-state index >= 15 is 0 Å². The molecule has 1 N–H and O–H groups in total. The zero-order chi connectivity index (χ0) is 13.9. The highest BCUT2D eigenvalue weighted by Crippen LogP contribution is 2.21. The molecule has 0 aliphatic heterocycles. The first-order valence-electron chi connectivity index (χ1n) is 5.74. The summed E-state index contributed by atoms with van der Waals surface area (Å²) in [4.78, 5) is 0.204. The zero-order valence-corrected chi connectivity index (χ0v) is 13.1. The molecule has 0 saturated heterocycles. The van der Waals surface area contributed by atoms with Gasteiger partial charge in [-0.05, 0) is 30.1 Å². The minimum atomic E-state index is -3.53. The Balaban J connectivity index is 2.22. The summed E-state index contributed by atoms with van der Waals surface area (Å²) in [5.74, 6) is 1.21. The predicted octanol–water partition coefficient (Wildman–Crippen LogP) is 1.97. The van der Waals surface area contributed by atoms with E-state index in [1.54, 1.807) is 30.0 Å². The van der Waals surface area contributed by atoms with Gasteiger partial charge in [0.15, 0.2) is 0 Å². The van der Waals surface area contributed by atoms with Crippen LogP contribution in [0.2, 0.25) is 0 Å². The van der Waals surface area contributed by atoms with Gasteiger partial charge in [-0.15, -0.1) is 0 Å². The Hall–Kier alpha value is -0.700. The molecule has 0 saturated carbocycles. The van der Waals surface area contributed by atoms with Crippen LogP contribution in [0.15, 0.2) is 23.1 Å². The lowest BCUT2D eigenvalue weighted by Gasteiger charge is -2.11. The molecule has 19 heavy (non-hydrogen) atoms. The van der Waals surface area contributed by atoms with Crippen molar-refractivity contribution < 1.29 is 8.42 Å². The van der Waals surface area contributed by atoms with Crippen LogP contribution in [0.25, 0.3) is 11.0 Å². The highest BCUT2D eigenvalue weighted by Gasteiger charge is 2.19. The number of aromatic nitrogens is 2. The second-order valence-electron chi connectivity index (χ2n) is 4.30. The number of thioether (sulfide) groups is 1. The Labute approximate surface area is 121 Å². The Morgan fingerprint density at radius 3 is 2.95 bits per heavy atom. The average Bonchev–Trinajstić information content (AvgIpc) is 2.84. The standard InChI is InChI=1S/C11H15N3O2S3/c1-8(7-17-2)6-12-19(15,16)10-5-3-4-9-11(10)14-18-13-9/h3-5,8,12H,6-7H2,1-2H3. The maximum atomic E-state index is 12.3. The second kappa shape index (κ2) is 6.17. The van der Waals surface area contributed by atoms with Gasteiger partial charge in [0.1, 0.15) is 15.9 Å². The maximum absolute atomic E-state index is 12.3. The second-order valence-corrected chi connectivity index (χ2v) is 7.48. The summed E-state index contributed by atoms with van der Waals surface area (Å²) in [5, 5.41) is 0. The van der Waals surface area contributed by atoms with Crippen LogP contribution in [0.1, 0.15) is 6.92 Å². The van der Waals surface area contributed by atoms with Crippen LogP contribution in [-0.4, -0.2) is 35.7 Å². The van der Waals surface area contributed by atoms with Crippen molar-refractivity contribution in [3.63, 3.8) is 0 Å². The Bertz CT molecular complexity index is 654. The summed E-state index contributed by atoms with van der Waals surface area (Å²) in [6, 6.07) is 5.00. The number of hydrogen-bond acceptors (Lipinski definition) is 6. The van der Waals surface area contributed by atoms with Crippen molar-refractivity contribution in [3.8, 4) is 0 Å². The van der Waals surface area contributed by atoms with Crippen molar-refractivity contribution in [3.05, 3.63) is 18.2 Å². The molecule has 1 heterocycles. The number of fused-ring (bicyclic) bond motifs is 1. The van der Waals surface area contributed by atoms with E-state index in [4.69, 9.17) is 0 Å². The van der Waals surface area contributed by atoms with Gasteiger partial charge in [-0.2, -0.15) is 20.5 Å². The summed E-state index contributed by atoms with van der Waals surface area (Å²) in [5.41, 5.74) is 1.06. The zero-order valence-electron chi connectivity index (χ0n) is 10.7. The number of hydrogen-bond donors (Lipinski definition) is 1. The summed E-state index contributed by atoms with van der Waals surface area (Å²) >= 11 is 2.72. The van der Waals surface area contributed by atoms with Crippen LogP contribution in [0, 0.1) is 5.92 Å². The minimum Gasteiger partial charge on any atom is -0.211 e. The molecule has 5 nitrogen and oxygen atoms in total. The van der Waals surface area contributed by atoms with E-state index in [0.717, 1.165) is 17.5 Å². The first-order chi connectivity index (χ1) is 9.04. The lowest BCUT2D eigenvalue weighted by Crippen LogP contribution is -2.29. The van der Waals surface area contributed by atoms with Crippen LogP contribution in [0.5, 0.6) is 0 Å². The molecule has 8 heteroatoms. The van der Waals surface area contributed by atoms with Crippen LogP contribution in [0.4, 0.5) is 0 Å². The number of sulfonamides is 1. The molecular formula is C11H15N3O2S3. The quantitative estimate of drug-likeness (QED) is 0.882. The fourth-order valence-corrected chi connectivity index (χ4v) is 4.29. The highest BCUT2D eigenvalue weighted by molar-refractivity contribution is 7.98. The molecule has 2 rings (SSSR count). The molecule has 0 amide bonds. The predicted molar refractivity (Wildman–Crippen MR) is 80.1 cm³/mol. The van der Waals surface area contributed by atoms with E-state index in [-0.39, 0.29) is 10.8 Å². The molecule has 0 aliphatic carbocycles. The lowest BCUT2D eigenvalue weighted by atomic mass is 10.2. The third-order valence-electron chi connectivity index (χ3n) is 2.61. The maximum Gasteiger partial charge on any atom is 0.242 e. The minimum absolute atomic E-state index is 0.204. The number of benzene rings is 1. The van der Waals surface area contributed by atoms with E-state index < -0.39 is 10.0 Å². The molecule has 1 aromatic heterocycles. The van der Waals surface area contributed by atoms with Crippen molar-refractivity contribution in [2.24, 2.45) is 5.92 Å². The van der Waals surface area contributed by atoms with Crippen LogP contribution in [0.3, 0.4) is 0 Å². The van der Waals surface area contributed by atoms with Crippen LogP contribution in [-0.2, 0) is 10.0 Å². The monoisotopic (exact) mass is 317 g/mol. The van der Waals surface area contributed by atoms with Gasteiger partial charge >= 0.3 is 0 Å². The fraction of sp³-hybridized carbons (Fsp3) is 0.455. The Morgan fingerprint density at radius 2 is 2.21 bits per heavy atom. The first-order valence-corrected chi connectivity index (χ1v) is 9.35. The lowest BCUT2D eigenvalue weighted by molar-refractivity contribution is 0.563. The number of nitrogens with zero attached hydrogens (tertiary/aromatic N) is 2. The summed E-state index contributed by atoms with van der Waals surface area (Å²) in [7, 11) is -3.53. The molecule has 0 aliphatic rings. The van der Waals surface area contributed by atoms with Gasteiger partial charge in [-0.3, -0.25) is 0 Å². The third kappa shape index (κ3) is 3.44. The summed E-state index contributed by atoms with van der Waals surface area (Å²) in [6.45, 7) is 2.45. The number of nitrogens with one attached hydrogen (secondary N) is 1. The summed E-state index contributed by atoms with van der Waals surface area (Å²) < 4.78 is 35.3. The van der Waals surface area contributed by atoms with Crippen molar-refractivity contribution in [1.29, 1.82) is 0 Å². The molecule has 1 atom stereocenters. The smallest absolute Gasteiger partial charge is 0.211 e. The van der Waals surface area contributed by atoms with Crippen LogP contribution >= 0.6 is 23.5 Å². The van der Waals surface area contributed by atoms with Gasteiger partial charge in [-0.25, -0.2) is 13.1 Å². The molecular weight excluding hydrogens is 302 g/mol. The average molecular weight is 317 g/mol. The molecule has 1 unspecified atom stereocenters. The SMILES string of the molecule is CSCC(C)CNS(=O)(=O)c1cccc2nsnc12. The summed E-state index contributed by atoms with van der Waals surface area (Å²) in [6.07, 6.45) is 2.01. The van der Waals surface area contributed by atoms with Gasteiger partial charge in [0.05, 0.1) is 11.7 Å². The molecule has 2 aromatic rings. The van der Waals surface area contributed by atoms with Crippen molar-refractivity contribution in [2.45, 2.75) is 11.8 Å². The molecule has 104 valence electrons. The van der Waals surface area contributed by atoms with E-state index in [1.165, 1.54) is 0 Å². The highest BCUT2D eigenvalue weighted by atomic mass is 32.2. The van der Waals surface area contributed by atoms with Crippen molar-refractivity contribution in [2.75, 3.05) is 18.6 Å². The van der Waals surface area contributed by atoms with E-state index in [0.29, 0.717) is 17.6 Å². The van der Waals surface area contributed by atoms with Gasteiger partial charge in [-0.1, -0.05) is 13.0 Å². The fourth-order valence-electron chi connectivity index (χ4n) is 1.67. The normalized spacial score (nSPS) is 13.8. The Morgan fingerprint density at radius 1 is 1.42 bits per heavy atom. The molecule has 0 fully saturated rings. The van der Waals surface area contributed by atoms with E-state index in [1.807, 2.05) is 13.2 Å². The largest absolute Gasteiger partial charge is 0.242 e. The van der Waals surface area contributed by atoms with Crippen LogP contribution < -0.4 is 4.72 Å². The molecule has 1 aromatic carbocycles. The van der Waals surface area contributed by atoms with Gasteiger partial charge in [0, 0.05) is 6.54 Å². The van der Waals surface area contributed by atoms with Crippen molar-refractivity contribution in [1.82, 2.24) is 13.5 Å².